The van der Waals surface area contributed by atoms with Gasteiger partial charge in [-0.3, -0.25) is 10.1 Å². The fourth-order valence-corrected chi connectivity index (χ4v) is 2.22. The minimum Gasteiger partial charge on any atom is -0.424 e. The summed E-state index contributed by atoms with van der Waals surface area (Å²) >= 11 is 4.36. The monoisotopic (exact) mass is 277 g/mol. The van der Waals surface area contributed by atoms with Crippen LogP contribution in [-0.2, 0) is 11.8 Å². The van der Waals surface area contributed by atoms with E-state index in [0.29, 0.717) is 16.7 Å². The number of hydrogen-bond donors (Lipinski definition) is 2. The molecule has 0 bridgehead atoms. The second-order valence-electron chi connectivity index (χ2n) is 3.63. The molecule has 0 saturated carbocycles. The molecule has 2 N–H and O–H groups in total. The van der Waals surface area contributed by atoms with Gasteiger partial charge in [-0.15, -0.1) is 0 Å². The van der Waals surface area contributed by atoms with E-state index < -0.39 is 11.6 Å². The molecule has 0 aromatic heterocycles. The Morgan fingerprint density at radius 3 is 2.29 bits per heavy atom. The van der Waals surface area contributed by atoms with Crippen LogP contribution in [0.1, 0.15) is 16.7 Å². The largest absolute Gasteiger partial charge is 0.424 e. The number of aryl methyl sites for hydroxylation is 1. The van der Waals surface area contributed by atoms with Crippen LogP contribution < -0.4 is 4.52 Å². The lowest BCUT2D eigenvalue weighted by molar-refractivity contribution is -0.386. The van der Waals surface area contributed by atoms with Crippen LogP contribution in [0.4, 0.5) is 5.69 Å². The number of rotatable bonds is 3. The summed E-state index contributed by atoms with van der Waals surface area (Å²) in [6.07, 6.45) is 0. The van der Waals surface area contributed by atoms with Crippen LogP contribution in [0.2, 0.25) is 0 Å². The van der Waals surface area contributed by atoms with Crippen molar-refractivity contribution in [2.24, 2.45) is 0 Å². The maximum absolute atomic E-state index is 10.8. The number of nitrogens with zero attached hydrogens (tertiary/aromatic N) is 1. The first kappa shape index (κ1) is 14.1. The average molecular weight is 277 g/mol. The van der Waals surface area contributed by atoms with E-state index in [-0.39, 0.29) is 11.4 Å². The van der Waals surface area contributed by atoms with E-state index in [9.17, 15) is 10.1 Å². The summed E-state index contributed by atoms with van der Waals surface area (Å²) in [5.74, 6) is 0.166. The van der Waals surface area contributed by atoms with Gasteiger partial charge in [0.1, 0.15) is 5.75 Å². The number of benzene rings is 1. The Bertz CT molecular complexity index is 525. The van der Waals surface area contributed by atoms with Gasteiger partial charge in [-0.1, -0.05) is 0 Å². The lowest BCUT2D eigenvalue weighted by atomic mass is 10.0. The predicted octanol–water partition coefficient (Wildman–Crippen LogP) is 2.11. The van der Waals surface area contributed by atoms with Crippen molar-refractivity contribution < 1.29 is 19.2 Å². The fraction of sp³-hybridized carbons (Fsp3) is 0.333. The van der Waals surface area contributed by atoms with Gasteiger partial charge in [0.25, 0.3) is 5.69 Å². The summed E-state index contributed by atoms with van der Waals surface area (Å²) < 4.78 is 4.84. The van der Waals surface area contributed by atoms with Crippen LogP contribution in [0.25, 0.3) is 0 Å². The Balaban J connectivity index is 3.39. The molecular weight excluding hydrogens is 265 g/mol. The predicted molar refractivity (Wildman–Crippen MR) is 66.7 cm³/mol. The first-order chi connectivity index (χ1) is 7.63. The zero-order valence-electron chi connectivity index (χ0n) is 9.50. The smallest absolute Gasteiger partial charge is 0.375 e. The van der Waals surface area contributed by atoms with Crippen molar-refractivity contribution in [2.75, 3.05) is 0 Å². The second kappa shape index (κ2) is 4.70. The molecule has 17 heavy (non-hydrogen) atoms. The summed E-state index contributed by atoms with van der Waals surface area (Å²) in [6, 6.07) is 1.38. The van der Waals surface area contributed by atoms with Crippen molar-refractivity contribution in [2.45, 2.75) is 20.8 Å². The Labute approximate surface area is 103 Å². The summed E-state index contributed by atoms with van der Waals surface area (Å²) in [4.78, 5) is 28.5. The van der Waals surface area contributed by atoms with E-state index in [1.54, 1.807) is 20.8 Å². The van der Waals surface area contributed by atoms with Crippen LogP contribution in [0.5, 0.6) is 5.75 Å². The first-order valence-electron chi connectivity index (χ1n) is 4.64. The van der Waals surface area contributed by atoms with Crippen molar-refractivity contribution in [1.82, 2.24) is 0 Å². The van der Waals surface area contributed by atoms with E-state index in [1.807, 2.05) is 0 Å². The van der Waals surface area contributed by atoms with Gasteiger partial charge in [-0.2, -0.15) is 0 Å². The second-order valence-corrected chi connectivity index (χ2v) is 6.22. The van der Waals surface area contributed by atoms with E-state index in [1.165, 1.54) is 6.07 Å². The Morgan fingerprint density at radius 1 is 1.35 bits per heavy atom. The molecule has 8 heteroatoms. The molecule has 0 saturated heterocycles. The Kier molecular flexibility index (Phi) is 3.88. The third-order valence-corrected chi connectivity index (χ3v) is 3.07. The lowest BCUT2D eigenvalue weighted by Gasteiger charge is -2.15. The standard InChI is InChI=1S/C9H12NO5PS/c1-5-4-8(15-16(13,14)17)6(2)7(3)9(5)10(11)12/h4H,1-3H3,(H2,13,14,17). The summed E-state index contributed by atoms with van der Waals surface area (Å²) in [5.41, 5.74) is 1.28. The molecule has 0 aliphatic heterocycles. The van der Waals surface area contributed by atoms with Crippen LogP contribution in [0.15, 0.2) is 6.07 Å². The third-order valence-electron chi connectivity index (χ3n) is 2.41. The van der Waals surface area contributed by atoms with Gasteiger partial charge in [0.05, 0.1) is 4.92 Å². The quantitative estimate of drug-likeness (QED) is 0.499. The molecule has 0 spiro atoms. The van der Waals surface area contributed by atoms with Gasteiger partial charge in [-0.25, -0.2) is 0 Å². The van der Waals surface area contributed by atoms with Crippen LogP contribution >= 0.6 is 6.72 Å². The minimum atomic E-state index is -3.83. The lowest BCUT2D eigenvalue weighted by Crippen LogP contribution is -2.00. The maximum Gasteiger partial charge on any atom is 0.375 e. The van der Waals surface area contributed by atoms with E-state index in [0.717, 1.165) is 0 Å². The van der Waals surface area contributed by atoms with E-state index >= 15 is 0 Å². The normalized spacial score (nSPS) is 11.4. The molecule has 6 nitrogen and oxygen atoms in total. The zero-order valence-corrected chi connectivity index (χ0v) is 11.2. The van der Waals surface area contributed by atoms with Crippen molar-refractivity contribution in [3.8, 4) is 5.75 Å². The van der Waals surface area contributed by atoms with Crippen LogP contribution in [-0.4, -0.2) is 14.7 Å². The SMILES string of the molecule is Cc1cc(OP(O)(O)=S)c(C)c(C)c1[N+](=O)[O-]. The molecular formula is C9H12NO5PS. The van der Waals surface area contributed by atoms with Crippen molar-refractivity contribution >= 4 is 24.2 Å². The molecule has 0 heterocycles. The zero-order chi connectivity index (χ0) is 13.4. The fourth-order valence-electron chi connectivity index (χ4n) is 1.54. The maximum atomic E-state index is 10.8. The van der Waals surface area contributed by atoms with Crippen LogP contribution in [0.3, 0.4) is 0 Å². The molecule has 0 radical (unpaired) electrons. The van der Waals surface area contributed by atoms with Gasteiger partial charge in [-0.05, 0) is 26.8 Å². The highest BCUT2D eigenvalue weighted by Gasteiger charge is 2.22. The van der Waals surface area contributed by atoms with Gasteiger partial charge < -0.3 is 14.3 Å². The first-order valence-corrected chi connectivity index (χ1v) is 7.26. The summed E-state index contributed by atoms with van der Waals surface area (Å²) in [7, 11) is 0. The van der Waals surface area contributed by atoms with Crippen molar-refractivity contribution in [3.63, 3.8) is 0 Å². The average Bonchev–Trinajstić information content (AvgIpc) is 2.10. The van der Waals surface area contributed by atoms with Crippen molar-refractivity contribution in [3.05, 3.63) is 32.9 Å². The number of nitro groups is 1. The Morgan fingerprint density at radius 2 is 1.88 bits per heavy atom. The van der Waals surface area contributed by atoms with E-state index in [2.05, 4.69) is 11.8 Å². The van der Waals surface area contributed by atoms with Gasteiger partial charge in [0.15, 0.2) is 0 Å². The molecule has 1 aromatic carbocycles. The number of nitro benzene ring substituents is 1. The molecule has 0 atom stereocenters. The summed E-state index contributed by atoms with van der Waals surface area (Å²) in [6.45, 7) is 0.896. The molecule has 0 amide bonds. The molecule has 0 unspecified atom stereocenters. The molecule has 0 aliphatic carbocycles. The minimum absolute atomic E-state index is 0.000897. The van der Waals surface area contributed by atoms with Gasteiger partial charge in [0.2, 0.25) is 0 Å². The molecule has 1 rings (SSSR count). The van der Waals surface area contributed by atoms with Gasteiger partial charge >= 0.3 is 6.72 Å². The van der Waals surface area contributed by atoms with Crippen LogP contribution in [0, 0.1) is 30.9 Å². The van der Waals surface area contributed by atoms with E-state index in [4.69, 9.17) is 14.3 Å². The highest BCUT2D eigenvalue weighted by molar-refractivity contribution is 8.06. The van der Waals surface area contributed by atoms with Gasteiger partial charge in [0, 0.05) is 28.5 Å². The highest BCUT2D eigenvalue weighted by Crippen LogP contribution is 2.42. The highest BCUT2D eigenvalue weighted by atomic mass is 32.5. The Hall–Kier alpha value is -1.01. The number of hydrogen-bond acceptors (Lipinski definition) is 4. The molecule has 94 valence electrons. The molecule has 0 aliphatic rings. The summed E-state index contributed by atoms with van der Waals surface area (Å²) in [5, 5.41) is 10.8. The topological polar surface area (TPSA) is 92.8 Å². The third kappa shape index (κ3) is 3.23. The molecule has 0 fully saturated rings. The van der Waals surface area contributed by atoms with Crippen molar-refractivity contribution in [1.29, 1.82) is 0 Å². The molecule has 1 aromatic rings.